The van der Waals surface area contributed by atoms with E-state index in [1.165, 1.54) is 12.1 Å². The van der Waals surface area contributed by atoms with Crippen LogP contribution in [0.2, 0.25) is 0 Å². The first kappa shape index (κ1) is 15.0. The summed E-state index contributed by atoms with van der Waals surface area (Å²) in [6.45, 7) is 3.73. The molecule has 0 atom stereocenters. The van der Waals surface area contributed by atoms with Crippen LogP contribution in [0.3, 0.4) is 0 Å². The van der Waals surface area contributed by atoms with Gasteiger partial charge in [-0.3, -0.25) is 0 Å². The van der Waals surface area contributed by atoms with Crippen molar-refractivity contribution in [3.8, 4) is 11.1 Å². The van der Waals surface area contributed by atoms with E-state index in [2.05, 4.69) is 24.0 Å². The zero-order chi connectivity index (χ0) is 15.5. The quantitative estimate of drug-likeness (QED) is 0.943. The Balaban J connectivity index is 1.94. The minimum atomic E-state index is -0.223. The molecule has 3 nitrogen and oxygen atoms in total. The number of halogens is 1. The van der Waals surface area contributed by atoms with Gasteiger partial charge in [0, 0.05) is 18.8 Å². The summed E-state index contributed by atoms with van der Waals surface area (Å²) in [5.74, 6) is 0.726. The zero-order valence-electron chi connectivity index (χ0n) is 12.8. The topological polar surface area (TPSA) is 36.4 Å². The van der Waals surface area contributed by atoms with Gasteiger partial charge in [-0.2, -0.15) is 0 Å². The van der Waals surface area contributed by atoms with Gasteiger partial charge < -0.3 is 10.0 Å². The van der Waals surface area contributed by atoms with Crippen molar-refractivity contribution in [3.63, 3.8) is 0 Å². The van der Waals surface area contributed by atoms with Gasteiger partial charge >= 0.3 is 0 Å². The molecule has 1 aliphatic heterocycles. The summed E-state index contributed by atoms with van der Waals surface area (Å²) >= 11 is 0. The van der Waals surface area contributed by atoms with Crippen LogP contribution in [0.5, 0.6) is 0 Å². The van der Waals surface area contributed by atoms with Crippen molar-refractivity contribution in [1.82, 2.24) is 4.98 Å². The molecule has 0 saturated carbocycles. The maximum atomic E-state index is 13.1. The first-order valence-corrected chi connectivity index (χ1v) is 7.85. The van der Waals surface area contributed by atoms with Crippen LogP contribution in [0.4, 0.5) is 10.2 Å². The molecule has 1 aliphatic rings. The number of piperidine rings is 1. The number of hydrogen-bond donors (Lipinski definition) is 1. The van der Waals surface area contributed by atoms with Gasteiger partial charge in [-0.25, -0.2) is 9.37 Å². The second-order valence-electron chi connectivity index (χ2n) is 5.78. The minimum absolute atomic E-state index is 0.192. The largest absolute Gasteiger partial charge is 0.393 e. The molecule has 1 fully saturated rings. The van der Waals surface area contributed by atoms with Crippen molar-refractivity contribution in [2.75, 3.05) is 18.0 Å². The van der Waals surface area contributed by atoms with E-state index in [1.807, 2.05) is 0 Å². The standard InChI is InChI=1S/C18H21FN2O/c1-2-16-11-14(13-3-5-15(19)6-4-13)12-18(20-16)21-9-7-17(22)8-10-21/h3-6,11-12,17,22H,2,7-10H2,1H3. The summed E-state index contributed by atoms with van der Waals surface area (Å²) in [5, 5.41) is 9.65. The molecule has 0 aliphatic carbocycles. The Bertz CT molecular complexity index is 634. The molecule has 0 unspecified atom stereocenters. The molecular weight excluding hydrogens is 279 g/mol. The molecule has 116 valence electrons. The first-order valence-electron chi connectivity index (χ1n) is 7.85. The Kier molecular flexibility index (Phi) is 4.39. The molecule has 2 heterocycles. The van der Waals surface area contributed by atoms with Crippen molar-refractivity contribution >= 4 is 5.82 Å². The molecule has 0 amide bonds. The van der Waals surface area contributed by atoms with Crippen LogP contribution in [-0.4, -0.2) is 29.3 Å². The van der Waals surface area contributed by atoms with Gasteiger partial charge in [0.05, 0.1) is 6.10 Å². The van der Waals surface area contributed by atoms with E-state index in [0.717, 1.165) is 55.0 Å². The fraction of sp³-hybridized carbons (Fsp3) is 0.389. The second kappa shape index (κ2) is 6.44. The average molecular weight is 300 g/mol. The molecule has 3 rings (SSSR count). The SMILES string of the molecule is CCc1cc(-c2ccc(F)cc2)cc(N2CCC(O)CC2)n1. The highest BCUT2D eigenvalue weighted by Crippen LogP contribution is 2.27. The maximum Gasteiger partial charge on any atom is 0.129 e. The molecule has 22 heavy (non-hydrogen) atoms. The van der Waals surface area contributed by atoms with Crippen molar-refractivity contribution in [1.29, 1.82) is 0 Å². The summed E-state index contributed by atoms with van der Waals surface area (Å²) in [6.07, 6.45) is 2.23. The van der Waals surface area contributed by atoms with Crippen LogP contribution < -0.4 is 4.90 Å². The molecule has 1 aromatic carbocycles. The van der Waals surface area contributed by atoms with E-state index in [-0.39, 0.29) is 11.9 Å². The van der Waals surface area contributed by atoms with E-state index in [4.69, 9.17) is 4.98 Å². The van der Waals surface area contributed by atoms with Gasteiger partial charge in [0.2, 0.25) is 0 Å². The highest BCUT2D eigenvalue weighted by molar-refractivity contribution is 5.67. The maximum absolute atomic E-state index is 13.1. The number of aliphatic hydroxyl groups excluding tert-OH is 1. The summed E-state index contributed by atoms with van der Waals surface area (Å²) in [4.78, 5) is 6.94. The number of aliphatic hydroxyl groups is 1. The third kappa shape index (κ3) is 3.28. The molecule has 0 radical (unpaired) electrons. The number of aromatic nitrogens is 1. The number of hydrogen-bond acceptors (Lipinski definition) is 3. The summed E-state index contributed by atoms with van der Waals surface area (Å²) in [7, 11) is 0. The number of aryl methyl sites for hydroxylation is 1. The minimum Gasteiger partial charge on any atom is -0.393 e. The highest BCUT2D eigenvalue weighted by Gasteiger charge is 2.19. The van der Waals surface area contributed by atoms with Crippen molar-refractivity contribution in [2.45, 2.75) is 32.3 Å². The van der Waals surface area contributed by atoms with Gasteiger partial charge in [-0.1, -0.05) is 19.1 Å². The van der Waals surface area contributed by atoms with Crippen molar-refractivity contribution in [3.05, 3.63) is 47.9 Å². The Morgan fingerprint density at radius 3 is 2.45 bits per heavy atom. The molecular formula is C18H21FN2O. The lowest BCUT2D eigenvalue weighted by atomic mass is 10.0. The van der Waals surface area contributed by atoms with Crippen molar-refractivity contribution < 1.29 is 9.50 Å². The monoisotopic (exact) mass is 300 g/mol. The third-order valence-electron chi connectivity index (χ3n) is 4.19. The Hall–Kier alpha value is -1.94. The Morgan fingerprint density at radius 2 is 1.82 bits per heavy atom. The fourth-order valence-corrected chi connectivity index (χ4v) is 2.82. The van der Waals surface area contributed by atoms with Crippen LogP contribution in [-0.2, 0) is 6.42 Å². The van der Waals surface area contributed by atoms with E-state index in [0.29, 0.717) is 0 Å². The lowest BCUT2D eigenvalue weighted by molar-refractivity contribution is 0.145. The molecule has 1 N–H and O–H groups in total. The predicted molar refractivity (Wildman–Crippen MR) is 86.5 cm³/mol. The van der Waals surface area contributed by atoms with Gasteiger partial charge in [0.25, 0.3) is 0 Å². The lowest BCUT2D eigenvalue weighted by Gasteiger charge is -2.31. The predicted octanol–water partition coefficient (Wildman–Crippen LogP) is 3.41. The molecule has 0 spiro atoms. The summed E-state index contributed by atoms with van der Waals surface area (Å²) in [6, 6.07) is 10.7. The summed E-state index contributed by atoms with van der Waals surface area (Å²) in [5.41, 5.74) is 3.09. The van der Waals surface area contributed by atoms with E-state index < -0.39 is 0 Å². The zero-order valence-corrected chi connectivity index (χ0v) is 12.8. The number of benzene rings is 1. The van der Waals surface area contributed by atoms with Crippen LogP contribution in [0.25, 0.3) is 11.1 Å². The van der Waals surface area contributed by atoms with Gasteiger partial charge in [0.1, 0.15) is 11.6 Å². The number of nitrogens with zero attached hydrogens (tertiary/aromatic N) is 2. The first-order chi connectivity index (χ1) is 10.7. The Morgan fingerprint density at radius 1 is 1.14 bits per heavy atom. The normalized spacial score (nSPS) is 16.0. The van der Waals surface area contributed by atoms with E-state index in [9.17, 15) is 9.50 Å². The Labute approximate surface area is 130 Å². The van der Waals surface area contributed by atoms with Gasteiger partial charge in [-0.05, 0) is 54.7 Å². The average Bonchev–Trinajstić information content (AvgIpc) is 2.55. The van der Waals surface area contributed by atoms with Crippen LogP contribution in [0.1, 0.15) is 25.5 Å². The number of pyridine rings is 1. The van der Waals surface area contributed by atoms with E-state index >= 15 is 0 Å². The number of rotatable bonds is 3. The van der Waals surface area contributed by atoms with Crippen molar-refractivity contribution in [2.24, 2.45) is 0 Å². The number of anilines is 1. The highest BCUT2D eigenvalue weighted by atomic mass is 19.1. The molecule has 1 aromatic heterocycles. The molecule has 0 bridgehead atoms. The smallest absolute Gasteiger partial charge is 0.129 e. The van der Waals surface area contributed by atoms with Crippen LogP contribution in [0.15, 0.2) is 36.4 Å². The molecule has 4 heteroatoms. The van der Waals surface area contributed by atoms with Gasteiger partial charge in [-0.15, -0.1) is 0 Å². The van der Waals surface area contributed by atoms with Gasteiger partial charge in [0.15, 0.2) is 0 Å². The molecule has 1 saturated heterocycles. The lowest BCUT2D eigenvalue weighted by Crippen LogP contribution is -2.36. The van der Waals surface area contributed by atoms with Crippen LogP contribution >= 0.6 is 0 Å². The third-order valence-corrected chi connectivity index (χ3v) is 4.19. The second-order valence-corrected chi connectivity index (χ2v) is 5.78. The van der Waals surface area contributed by atoms with E-state index in [1.54, 1.807) is 12.1 Å². The fourth-order valence-electron chi connectivity index (χ4n) is 2.82. The van der Waals surface area contributed by atoms with Crippen LogP contribution in [0, 0.1) is 5.82 Å². The summed E-state index contributed by atoms with van der Waals surface area (Å²) < 4.78 is 13.1. The molecule has 2 aromatic rings.